The summed E-state index contributed by atoms with van der Waals surface area (Å²) in [7, 11) is -2.80. The van der Waals surface area contributed by atoms with Crippen LogP contribution >= 0.6 is 0 Å². The molecule has 3 amide bonds. The fourth-order valence-electron chi connectivity index (χ4n) is 5.18. The van der Waals surface area contributed by atoms with E-state index in [4.69, 9.17) is 5.73 Å². The van der Waals surface area contributed by atoms with Gasteiger partial charge in [0.2, 0.25) is 11.8 Å². The van der Waals surface area contributed by atoms with Crippen molar-refractivity contribution in [3.63, 3.8) is 0 Å². The van der Waals surface area contributed by atoms with Crippen LogP contribution in [0.2, 0.25) is 0 Å². The highest BCUT2D eigenvalue weighted by Gasteiger charge is 2.43. The van der Waals surface area contributed by atoms with Crippen LogP contribution in [0.1, 0.15) is 46.9 Å². The van der Waals surface area contributed by atoms with Crippen LogP contribution in [0.4, 0.5) is 25.0 Å². The van der Waals surface area contributed by atoms with Crippen LogP contribution in [0.25, 0.3) is 0 Å². The van der Waals surface area contributed by atoms with Crippen molar-refractivity contribution in [3.8, 4) is 5.75 Å². The molecule has 1 aliphatic rings. The van der Waals surface area contributed by atoms with Crippen LogP contribution in [0.15, 0.2) is 59.5 Å². The Morgan fingerprint density at radius 2 is 1.82 bits per heavy atom. The Hall–Kier alpha value is -5.05. The molecule has 1 fully saturated rings. The van der Waals surface area contributed by atoms with Crippen LogP contribution in [0, 0.1) is 17.6 Å². The second-order valence-electron chi connectivity index (χ2n) is 10.2. The number of methoxy groups -OCH3 is 1. The van der Waals surface area contributed by atoms with E-state index in [9.17, 15) is 41.5 Å². The molecule has 0 saturated carbocycles. The van der Waals surface area contributed by atoms with Gasteiger partial charge < -0.3 is 30.6 Å². The van der Waals surface area contributed by atoms with E-state index in [-0.39, 0.29) is 51.7 Å². The van der Waals surface area contributed by atoms with Crippen molar-refractivity contribution in [2.24, 2.45) is 11.7 Å². The van der Waals surface area contributed by atoms with Crippen LogP contribution in [0.3, 0.4) is 0 Å². The molecule has 238 valence electrons. The van der Waals surface area contributed by atoms with Gasteiger partial charge in [-0.15, -0.1) is 0 Å². The second-order valence-corrected chi connectivity index (χ2v) is 12.4. The number of nitrogens with one attached hydrogen (secondary N) is 2. The second kappa shape index (κ2) is 13.3. The van der Waals surface area contributed by atoms with E-state index in [1.165, 1.54) is 36.1 Å². The summed E-state index contributed by atoms with van der Waals surface area (Å²) in [6.07, 6.45) is -0.144. The number of phenols is 1. The highest BCUT2D eigenvalue weighted by molar-refractivity contribution is 7.91. The number of hydrogen-bond donors (Lipinski definition) is 4. The molecule has 0 bridgehead atoms. The minimum Gasteiger partial charge on any atom is -0.505 e. The molecule has 1 aliphatic heterocycles. The molecule has 3 aromatic carbocycles. The molecule has 0 spiro atoms. The summed E-state index contributed by atoms with van der Waals surface area (Å²) in [6, 6.07) is 7.39. The Morgan fingerprint density at radius 3 is 2.44 bits per heavy atom. The summed E-state index contributed by atoms with van der Waals surface area (Å²) in [5, 5.41) is 15.2. The van der Waals surface area contributed by atoms with Crippen molar-refractivity contribution in [3.05, 3.63) is 82.9 Å². The van der Waals surface area contributed by atoms with Gasteiger partial charge in [0.1, 0.15) is 18.1 Å². The van der Waals surface area contributed by atoms with E-state index in [1.807, 2.05) is 0 Å². The van der Waals surface area contributed by atoms with Crippen molar-refractivity contribution in [2.75, 3.05) is 30.0 Å². The largest absolute Gasteiger partial charge is 0.505 e. The van der Waals surface area contributed by atoms with Gasteiger partial charge in [0.25, 0.3) is 0 Å². The lowest BCUT2D eigenvalue weighted by atomic mass is 9.93. The number of amides is 3. The molecule has 0 aromatic heterocycles. The van der Waals surface area contributed by atoms with Gasteiger partial charge in [-0.3, -0.25) is 14.9 Å². The summed E-state index contributed by atoms with van der Waals surface area (Å²) < 4.78 is 59.9. The highest BCUT2D eigenvalue weighted by atomic mass is 32.2. The third kappa shape index (κ3) is 6.87. The van der Waals surface area contributed by atoms with E-state index >= 15 is 0 Å². The number of carbonyl (C=O) groups excluding carboxylic acids is 4. The molecule has 1 saturated heterocycles. The SMILES string of the molecule is CCS(=O)(=O)c1ccc(NC(=O)OC)cc1[C@@H]1[C@@H](C=O)CCN1C(=O)[C@H](Nc1cc(C(N)=O)ccc1F)c1ccc(F)c(O)c1. The smallest absolute Gasteiger partial charge is 0.411 e. The highest BCUT2D eigenvalue weighted by Crippen LogP contribution is 2.42. The number of phenolic OH excluding ortho intramolecular Hbond substituents is 1. The number of likely N-dealkylation sites (tertiary alicyclic amines) is 1. The zero-order valence-corrected chi connectivity index (χ0v) is 24.9. The molecule has 45 heavy (non-hydrogen) atoms. The van der Waals surface area contributed by atoms with Crippen molar-refractivity contribution in [1.29, 1.82) is 0 Å². The lowest BCUT2D eigenvalue weighted by Crippen LogP contribution is -2.39. The maximum Gasteiger partial charge on any atom is 0.411 e. The predicted octanol–water partition coefficient (Wildman–Crippen LogP) is 3.68. The molecule has 0 aliphatic carbocycles. The zero-order valence-electron chi connectivity index (χ0n) is 24.1. The van der Waals surface area contributed by atoms with E-state index in [2.05, 4.69) is 15.4 Å². The summed E-state index contributed by atoms with van der Waals surface area (Å²) >= 11 is 0. The number of anilines is 2. The third-order valence-corrected chi connectivity index (χ3v) is 9.28. The monoisotopic (exact) mass is 644 g/mol. The van der Waals surface area contributed by atoms with Gasteiger partial charge in [0.15, 0.2) is 21.4 Å². The minimum absolute atomic E-state index is 0.0152. The number of aromatic hydroxyl groups is 1. The topological polar surface area (TPSA) is 185 Å². The molecule has 5 N–H and O–H groups in total. The first-order valence-electron chi connectivity index (χ1n) is 13.6. The fourth-order valence-corrected chi connectivity index (χ4v) is 6.30. The normalized spacial score (nSPS) is 16.9. The van der Waals surface area contributed by atoms with Gasteiger partial charge in [-0.25, -0.2) is 22.0 Å². The number of sulfone groups is 1. The number of nitrogens with two attached hydrogens (primary N) is 1. The van der Waals surface area contributed by atoms with Crippen molar-refractivity contribution in [2.45, 2.75) is 30.3 Å². The number of ether oxygens (including phenoxy) is 1. The van der Waals surface area contributed by atoms with Crippen molar-refractivity contribution in [1.82, 2.24) is 4.90 Å². The predicted molar refractivity (Wildman–Crippen MR) is 158 cm³/mol. The molecular weight excluding hydrogens is 614 g/mol. The minimum atomic E-state index is -3.93. The van der Waals surface area contributed by atoms with E-state index < -0.39 is 63.1 Å². The first-order valence-corrected chi connectivity index (χ1v) is 15.3. The number of nitrogens with zero attached hydrogens (tertiary/aromatic N) is 1. The standard InChI is InChI=1S/C30H30F2N4O8S/c1-3-45(42,43)25-9-6-19(34-30(41)44-2)14-20(25)27-18(15-37)10-11-36(27)29(40)26(16-4-8-22(32)24(38)13-16)35-23-12-17(28(33)39)5-7-21(23)31/h4-9,12-15,18,26-27,35,38H,3,10-11H2,1-2H3,(H2,33,39)(H,34,41)/t18-,26-,27+/m1/s1. The molecule has 0 radical (unpaired) electrons. The molecule has 12 nitrogen and oxygen atoms in total. The Morgan fingerprint density at radius 1 is 1.11 bits per heavy atom. The average molecular weight is 645 g/mol. The first kappa shape index (κ1) is 32.9. The maximum absolute atomic E-state index is 14.9. The van der Waals surface area contributed by atoms with Crippen LogP contribution in [-0.4, -0.2) is 62.0 Å². The first-order chi connectivity index (χ1) is 21.3. The molecule has 4 rings (SSSR count). The number of rotatable bonds is 10. The van der Waals surface area contributed by atoms with Crippen molar-refractivity contribution >= 4 is 45.4 Å². The summed E-state index contributed by atoms with van der Waals surface area (Å²) in [4.78, 5) is 51.4. The number of benzene rings is 3. The van der Waals surface area contributed by atoms with Crippen LogP contribution < -0.4 is 16.4 Å². The Bertz CT molecular complexity index is 1770. The number of aldehydes is 1. The Kier molecular flexibility index (Phi) is 9.71. The lowest BCUT2D eigenvalue weighted by Gasteiger charge is -2.32. The van der Waals surface area contributed by atoms with E-state index in [0.717, 1.165) is 37.4 Å². The lowest BCUT2D eigenvalue weighted by molar-refractivity contribution is -0.133. The van der Waals surface area contributed by atoms with Crippen LogP contribution in [-0.2, 0) is 24.2 Å². The van der Waals surface area contributed by atoms with Crippen molar-refractivity contribution < 1.29 is 46.2 Å². The molecule has 15 heteroatoms. The van der Waals surface area contributed by atoms with Crippen LogP contribution in [0.5, 0.6) is 5.75 Å². The summed E-state index contributed by atoms with van der Waals surface area (Å²) in [6.45, 7) is 1.37. The average Bonchev–Trinajstić information content (AvgIpc) is 3.45. The van der Waals surface area contributed by atoms with Gasteiger partial charge in [-0.05, 0) is 66.1 Å². The van der Waals surface area contributed by atoms with Gasteiger partial charge in [-0.2, -0.15) is 0 Å². The third-order valence-electron chi connectivity index (χ3n) is 7.48. The van der Waals surface area contributed by atoms with Gasteiger partial charge >= 0.3 is 6.09 Å². The number of primary amides is 1. The number of carbonyl (C=O) groups is 4. The summed E-state index contributed by atoms with van der Waals surface area (Å²) in [5.41, 5.74) is 5.08. The van der Waals surface area contributed by atoms with Gasteiger partial charge in [0.05, 0.1) is 29.5 Å². The molecular formula is C30H30F2N4O8S. The molecule has 3 atom stereocenters. The Labute approximate surface area is 257 Å². The zero-order chi connectivity index (χ0) is 33.1. The summed E-state index contributed by atoms with van der Waals surface area (Å²) in [5.74, 6) is -5.55. The fraction of sp³-hybridized carbons (Fsp3) is 0.267. The Balaban J connectivity index is 1.88. The molecule has 1 heterocycles. The number of hydrogen-bond acceptors (Lipinski definition) is 9. The molecule has 3 aromatic rings. The van der Waals surface area contributed by atoms with E-state index in [1.54, 1.807) is 0 Å². The van der Waals surface area contributed by atoms with Gasteiger partial charge in [0, 0.05) is 23.7 Å². The maximum atomic E-state index is 14.9. The quantitative estimate of drug-likeness (QED) is 0.239. The van der Waals surface area contributed by atoms with E-state index in [0.29, 0.717) is 6.29 Å². The number of halogens is 2. The molecule has 0 unspecified atom stereocenters. The van der Waals surface area contributed by atoms with Gasteiger partial charge in [-0.1, -0.05) is 13.0 Å².